The van der Waals surface area contributed by atoms with E-state index in [1.807, 2.05) is 0 Å². The van der Waals surface area contributed by atoms with Crippen LogP contribution in [0.1, 0.15) is 41.2 Å². The highest BCUT2D eigenvalue weighted by Gasteiger charge is 2.34. The molecule has 0 fully saturated rings. The van der Waals surface area contributed by atoms with Crippen LogP contribution in [0.25, 0.3) is 4.85 Å². The fourth-order valence-corrected chi connectivity index (χ4v) is 2.93. The maximum atomic E-state index is 13.1. The molecule has 0 aliphatic rings. The number of nitriles is 1. The maximum Gasteiger partial charge on any atom is 0.407 e. The zero-order valence-electron chi connectivity index (χ0n) is 16.0. The van der Waals surface area contributed by atoms with Gasteiger partial charge in [-0.25, -0.2) is 4.85 Å². The monoisotopic (exact) mass is 400 g/mol. The van der Waals surface area contributed by atoms with Crippen LogP contribution in [0.2, 0.25) is 0 Å². The number of benzene rings is 2. The molecule has 0 aliphatic carbocycles. The number of halogens is 3. The lowest BCUT2D eigenvalue weighted by Crippen LogP contribution is -2.37. The van der Waals surface area contributed by atoms with E-state index in [4.69, 9.17) is 11.8 Å². The molecule has 0 radical (unpaired) electrons. The standard InChI is InChI=1S/C22H19F3N2O2/c1-14-10-15(4-6-17(14)13-26)8-9-21(2,29)20(28)12-16-5-7-19(27-3)18(11-16)22(23,24)25/h4-7,10-11,29H,8-9,12H2,1-2H3/t21-/m0/s1. The number of rotatable bonds is 6. The van der Waals surface area contributed by atoms with Gasteiger partial charge < -0.3 is 5.11 Å². The number of aliphatic hydroxyl groups is 1. The van der Waals surface area contributed by atoms with Crippen LogP contribution >= 0.6 is 0 Å². The Kier molecular flexibility index (Phi) is 6.46. The third-order valence-corrected chi connectivity index (χ3v) is 4.76. The summed E-state index contributed by atoms with van der Waals surface area (Å²) in [5, 5.41) is 19.5. The van der Waals surface area contributed by atoms with E-state index >= 15 is 0 Å². The number of ketones is 1. The first-order valence-corrected chi connectivity index (χ1v) is 8.81. The summed E-state index contributed by atoms with van der Waals surface area (Å²) in [7, 11) is 0. The lowest BCUT2D eigenvalue weighted by molar-refractivity contribution is -0.137. The van der Waals surface area contributed by atoms with Crippen LogP contribution in [0.3, 0.4) is 0 Å². The van der Waals surface area contributed by atoms with Crippen LogP contribution in [0.15, 0.2) is 36.4 Å². The molecule has 4 nitrogen and oxygen atoms in total. The third-order valence-electron chi connectivity index (χ3n) is 4.76. The molecule has 1 N–H and O–H groups in total. The second-order valence-corrected chi connectivity index (χ2v) is 7.10. The van der Waals surface area contributed by atoms with Crippen LogP contribution in [-0.4, -0.2) is 16.5 Å². The Morgan fingerprint density at radius 1 is 1.21 bits per heavy atom. The first kappa shape index (κ1) is 22.1. The van der Waals surface area contributed by atoms with Gasteiger partial charge in [-0.2, -0.15) is 18.4 Å². The molecular formula is C22H19F3N2O2. The summed E-state index contributed by atoms with van der Waals surface area (Å²) in [6.45, 7) is 9.98. The van der Waals surface area contributed by atoms with E-state index in [0.29, 0.717) is 12.0 Å². The minimum Gasteiger partial charge on any atom is -0.382 e. The van der Waals surface area contributed by atoms with E-state index in [-0.39, 0.29) is 18.4 Å². The molecule has 1 atom stereocenters. The van der Waals surface area contributed by atoms with Crippen molar-refractivity contribution >= 4 is 11.5 Å². The second kappa shape index (κ2) is 8.46. The molecule has 0 saturated carbocycles. The van der Waals surface area contributed by atoms with Crippen molar-refractivity contribution < 1.29 is 23.1 Å². The lowest BCUT2D eigenvalue weighted by Gasteiger charge is -2.22. The molecule has 0 aliphatic heterocycles. The van der Waals surface area contributed by atoms with Crippen LogP contribution in [0, 0.1) is 24.8 Å². The molecule has 0 bridgehead atoms. The summed E-state index contributed by atoms with van der Waals surface area (Å²) in [6.07, 6.45) is -4.62. The number of Topliss-reactive ketones (excluding diaryl/α,β-unsaturated/α-hetero) is 1. The number of carbonyl (C=O) groups excluding carboxylic acids is 1. The Labute approximate surface area is 167 Å². The number of nitrogens with zero attached hydrogens (tertiary/aromatic N) is 2. The molecule has 0 spiro atoms. The Bertz CT molecular complexity index is 1010. The van der Waals surface area contributed by atoms with Crippen molar-refractivity contribution in [1.29, 1.82) is 5.26 Å². The van der Waals surface area contributed by atoms with Gasteiger partial charge in [-0.05, 0) is 49.4 Å². The predicted molar refractivity (Wildman–Crippen MR) is 101 cm³/mol. The number of hydrogen-bond donors (Lipinski definition) is 1. The van der Waals surface area contributed by atoms with Crippen molar-refractivity contribution in [3.63, 3.8) is 0 Å². The molecule has 2 aromatic carbocycles. The van der Waals surface area contributed by atoms with E-state index < -0.39 is 28.8 Å². The topological polar surface area (TPSA) is 65.4 Å². The minimum absolute atomic E-state index is 0.0867. The van der Waals surface area contributed by atoms with Gasteiger partial charge in [-0.15, -0.1) is 0 Å². The van der Waals surface area contributed by atoms with Gasteiger partial charge in [0, 0.05) is 6.42 Å². The number of carbonyl (C=O) groups is 1. The van der Waals surface area contributed by atoms with E-state index in [9.17, 15) is 23.1 Å². The highest BCUT2D eigenvalue weighted by Crippen LogP contribution is 2.37. The lowest BCUT2D eigenvalue weighted by atomic mass is 9.88. The van der Waals surface area contributed by atoms with Crippen molar-refractivity contribution in [1.82, 2.24) is 0 Å². The molecule has 0 saturated heterocycles. The van der Waals surface area contributed by atoms with Gasteiger partial charge >= 0.3 is 6.18 Å². The van der Waals surface area contributed by atoms with Crippen molar-refractivity contribution in [3.8, 4) is 6.07 Å². The van der Waals surface area contributed by atoms with Gasteiger partial charge in [0.25, 0.3) is 0 Å². The molecule has 7 heteroatoms. The van der Waals surface area contributed by atoms with Crippen LogP contribution in [0.4, 0.5) is 18.9 Å². The van der Waals surface area contributed by atoms with Crippen molar-refractivity contribution in [2.75, 3.05) is 0 Å². The third kappa shape index (κ3) is 5.43. The molecule has 29 heavy (non-hydrogen) atoms. The van der Waals surface area contributed by atoms with E-state index in [0.717, 1.165) is 23.3 Å². The van der Waals surface area contributed by atoms with Gasteiger partial charge in [-0.1, -0.05) is 30.3 Å². The average Bonchev–Trinajstić information content (AvgIpc) is 2.65. The molecule has 0 amide bonds. The Balaban J connectivity index is 2.12. The minimum atomic E-state index is -4.70. The van der Waals surface area contributed by atoms with Crippen LogP contribution in [-0.2, 0) is 23.8 Å². The molecule has 150 valence electrons. The Morgan fingerprint density at radius 3 is 2.41 bits per heavy atom. The van der Waals surface area contributed by atoms with Crippen LogP contribution in [0.5, 0.6) is 0 Å². The number of alkyl halides is 3. The van der Waals surface area contributed by atoms with E-state index in [1.165, 1.54) is 13.0 Å². The quantitative estimate of drug-likeness (QED) is 0.699. The molecule has 2 aromatic rings. The summed E-state index contributed by atoms with van der Waals surface area (Å²) in [4.78, 5) is 15.4. The smallest absolute Gasteiger partial charge is 0.382 e. The normalized spacial score (nSPS) is 13.2. The number of aryl methyl sites for hydroxylation is 2. The van der Waals surface area contributed by atoms with Gasteiger partial charge in [0.2, 0.25) is 0 Å². The Morgan fingerprint density at radius 2 is 1.86 bits per heavy atom. The summed E-state index contributed by atoms with van der Waals surface area (Å²) in [5.74, 6) is -0.605. The van der Waals surface area contributed by atoms with Gasteiger partial charge in [-0.3, -0.25) is 4.79 Å². The molecule has 0 unspecified atom stereocenters. The predicted octanol–water partition coefficient (Wildman–Crippen LogP) is 4.93. The molecule has 0 aromatic heterocycles. The maximum absolute atomic E-state index is 13.1. The summed E-state index contributed by atoms with van der Waals surface area (Å²) < 4.78 is 39.3. The fraction of sp³-hybridized carbons (Fsp3) is 0.318. The summed E-state index contributed by atoms with van der Waals surface area (Å²) in [6, 6.07) is 10.4. The van der Waals surface area contributed by atoms with Gasteiger partial charge in [0.05, 0.1) is 23.8 Å². The highest BCUT2D eigenvalue weighted by molar-refractivity contribution is 5.88. The van der Waals surface area contributed by atoms with Crippen molar-refractivity contribution in [2.24, 2.45) is 0 Å². The Hall–Kier alpha value is -3.16. The molecule has 2 rings (SSSR count). The van der Waals surface area contributed by atoms with E-state index in [1.54, 1.807) is 25.1 Å². The SMILES string of the molecule is [C-]#[N+]c1ccc(CC(=O)[C@@](C)(O)CCc2ccc(C#N)c(C)c2)cc1C(F)(F)F. The van der Waals surface area contributed by atoms with E-state index in [2.05, 4.69) is 10.9 Å². The second-order valence-electron chi connectivity index (χ2n) is 7.10. The molecular weight excluding hydrogens is 381 g/mol. The van der Waals surface area contributed by atoms with Crippen molar-refractivity contribution in [2.45, 2.75) is 44.9 Å². The average molecular weight is 400 g/mol. The highest BCUT2D eigenvalue weighted by atomic mass is 19.4. The van der Waals surface area contributed by atoms with Gasteiger partial charge in [0.1, 0.15) is 5.60 Å². The largest absolute Gasteiger partial charge is 0.407 e. The zero-order valence-corrected chi connectivity index (χ0v) is 16.0. The summed E-state index contributed by atoms with van der Waals surface area (Å²) in [5.41, 5.74) is -1.09. The first-order valence-electron chi connectivity index (χ1n) is 8.81. The molecule has 0 heterocycles. The van der Waals surface area contributed by atoms with Gasteiger partial charge in [0.15, 0.2) is 11.5 Å². The van der Waals surface area contributed by atoms with Crippen LogP contribution < -0.4 is 0 Å². The first-order chi connectivity index (χ1) is 13.5. The van der Waals surface area contributed by atoms with Crippen molar-refractivity contribution in [3.05, 3.63) is 75.6 Å². The summed E-state index contributed by atoms with van der Waals surface area (Å²) >= 11 is 0. The number of hydrogen-bond acceptors (Lipinski definition) is 3. The zero-order chi connectivity index (χ0) is 21.8. The fourth-order valence-electron chi connectivity index (χ4n) is 2.93.